The topological polar surface area (TPSA) is 61.0 Å². The van der Waals surface area contributed by atoms with Crippen LogP contribution in [0, 0.1) is 5.92 Å². The van der Waals surface area contributed by atoms with Crippen LogP contribution in [0.4, 0.5) is 0 Å². The number of aromatic nitrogens is 3. The SMILES string of the molecule is CCOC(c1noc(Cc2csc(C3CC3)n2)n1)C1CCCC1. The quantitative estimate of drug-likeness (QED) is 0.757. The molecule has 1 unspecified atom stereocenters. The molecular formula is C17H23N3O2S. The van der Waals surface area contributed by atoms with E-state index < -0.39 is 0 Å². The van der Waals surface area contributed by atoms with Crippen molar-refractivity contribution in [3.05, 3.63) is 27.8 Å². The van der Waals surface area contributed by atoms with Gasteiger partial charge in [-0.3, -0.25) is 0 Å². The summed E-state index contributed by atoms with van der Waals surface area (Å²) in [6.45, 7) is 2.71. The van der Waals surface area contributed by atoms with Gasteiger partial charge < -0.3 is 9.26 Å². The molecule has 2 saturated carbocycles. The van der Waals surface area contributed by atoms with Crippen molar-refractivity contribution < 1.29 is 9.26 Å². The van der Waals surface area contributed by atoms with Crippen molar-refractivity contribution in [1.82, 2.24) is 15.1 Å². The van der Waals surface area contributed by atoms with Gasteiger partial charge in [-0.2, -0.15) is 4.98 Å². The van der Waals surface area contributed by atoms with Crippen molar-refractivity contribution in [1.29, 1.82) is 0 Å². The molecule has 2 aromatic heterocycles. The molecule has 0 N–H and O–H groups in total. The van der Waals surface area contributed by atoms with Crippen LogP contribution in [-0.4, -0.2) is 21.7 Å². The Hall–Kier alpha value is -1.27. The zero-order chi connectivity index (χ0) is 15.6. The van der Waals surface area contributed by atoms with E-state index in [-0.39, 0.29) is 6.10 Å². The Morgan fingerprint density at radius 2 is 2.09 bits per heavy atom. The first-order chi connectivity index (χ1) is 11.3. The van der Waals surface area contributed by atoms with Gasteiger partial charge in [0.25, 0.3) is 0 Å². The molecular weight excluding hydrogens is 310 g/mol. The van der Waals surface area contributed by atoms with Crippen LogP contribution in [0.2, 0.25) is 0 Å². The zero-order valence-electron chi connectivity index (χ0n) is 13.5. The van der Waals surface area contributed by atoms with Gasteiger partial charge in [0.1, 0.15) is 6.10 Å². The molecule has 2 heterocycles. The lowest BCUT2D eigenvalue weighted by Crippen LogP contribution is -2.15. The summed E-state index contributed by atoms with van der Waals surface area (Å²) in [5.74, 6) is 2.60. The largest absolute Gasteiger partial charge is 0.370 e. The van der Waals surface area contributed by atoms with E-state index in [4.69, 9.17) is 14.2 Å². The number of ether oxygens (including phenoxy) is 1. The Morgan fingerprint density at radius 3 is 2.83 bits per heavy atom. The summed E-state index contributed by atoms with van der Waals surface area (Å²) in [6.07, 6.45) is 8.14. The third kappa shape index (κ3) is 3.48. The maximum absolute atomic E-state index is 5.92. The van der Waals surface area contributed by atoms with Gasteiger partial charge in [-0.25, -0.2) is 4.98 Å². The van der Waals surface area contributed by atoms with Crippen molar-refractivity contribution in [2.24, 2.45) is 5.92 Å². The van der Waals surface area contributed by atoms with E-state index in [0.29, 0.717) is 36.6 Å². The standard InChI is InChI=1S/C17H23N3O2S/c1-2-21-15(11-5-3-4-6-11)16-19-14(22-20-16)9-13-10-23-17(18-13)12-7-8-12/h10-12,15H,2-9H2,1H3. The van der Waals surface area contributed by atoms with Crippen molar-refractivity contribution in [2.75, 3.05) is 6.61 Å². The molecule has 4 rings (SSSR count). The molecule has 0 spiro atoms. The van der Waals surface area contributed by atoms with Gasteiger partial charge in [-0.15, -0.1) is 11.3 Å². The van der Waals surface area contributed by atoms with Crippen LogP contribution in [0.3, 0.4) is 0 Å². The van der Waals surface area contributed by atoms with Crippen LogP contribution in [0.1, 0.15) is 79.9 Å². The summed E-state index contributed by atoms with van der Waals surface area (Å²) >= 11 is 1.76. The van der Waals surface area contributed by atoms with E-state index in [0.717, 1.165) is 5.69 Å². The fourth-order valence-electron chi connectivity index (χ4n) is 3.39. The van der Waals surface area contributed by atoms with E-state index in [2.05, 4.69) is 15.5 Å². The lowest BCUT2D eigenvalue weighted by atomic mass is 10.0. The molecule has 5 nitrogen and oxygen atoms in total. The Bertz CT molecular complexity index is 644. The molecule has 0 saturated heterocycles. The molecule has 23 heavy (non-hydrogen) atoms. The van der Waals surface area contributed by atoms with Crippen LogP contribution in [0.5, 0.6) is 0 Å². The van der Waals surface area contributed by atoms with E-state index in [1.54, 1.807) is 11.3 Å². The minimum Gasteiger partial charge on any atom is -0.370 e. The molecule has 1 atom stereocenters. The molecule has 2 aromatic rings. The maximum Gasteiger partial charge on any atom is 0.232 e. The zero-order valence-corrected chi connectivity index (χ0v) is 14.3. The molecule has 0 aromatic carbocycles. The Labute approximate surface area is 140 Å². The third-order valence-electron chi connectivity index (χ3n) is 4.74. The number of rotatable bonds is 7. The van der Waals surface area contributed by atoms with Gasteiger partial charge in [0.15, 0.2) is 0 Å². The Morgan fingerprint density at radius 1 is 1.26 bits per heavy atom. The fourth-order valence-corrected chi connectivity index (χ4v) is 4.38. The van der Waals surface area contributed by atoms with E-state index >= 15 is 0 Å². The predicted molar refractivity (Wildman–Crippen MR) is 87.5 cm³/mol. The lowest BCUT2D eigenvalue weighted by molar-refractivity contribution is 0.0127. The summed E-state index contributed by atoms with van der Waals surface area (Å²) in [6, 6.07) is 0. The van der Waals surface area contributed by atoms with Crippen molar-refractivity contribution in [2.45, 2.75) is 63.9 Å². The van der Waals surface area contributed by atoms with Gasteiger partial charge in [0, 0.05) is 17.9 Å². The van der Waals surface area contributed by atoms with Crippen molar-refractivity contribution in [3.8, 4) is 0 Å². The van der Waals surface area contributed by atoms with Crippen molar-refractivity contribution in [3.63, 3.8) is 0 Å². The third-order valence-corrected chi connectivity index (χ3v) is 5.80. The molecule has 124 valence electrons. The Kier molecular flexibility index (Phi) is 4.44. The average Bonchev–Trinajstić information content (AvgIpc) is 2.99. The highest BCUT2D eigenvalue weighted by atomic mass is 32.1. The van der Waals surface area contributed by atoms with E-state index in [9.17, 15) is 0 Å². The second kappa shape index (κ2) is 6.69. The lowest BCUT2D eigenvalue weighted by Gasteiger charge is -2.19. The normalized spacial score (nSPS) is 20.2. The van der Waals surface area contributed by atoms with Crippen molar-refractivity contribution >= 4 is 11.3 Å². The molecule has 2 aliphatic rings. The second-order valence-corrected chi connectivity index (χ2v) is 7.48. The van der Waals surface area contributed by atoms with Crippen LogP contribution in [0.15, 0.2) is 9.90 Å². The van der Waals surface area contributed by atoms with Crippen LogP contribution in [0.25, 0.3) is 0 Å². The summed E-state index contributed by atoms with van der Waals surface area (Å²) in [7, 11) is 0. The average molecular weight is 333 g/mol. The summed E-state index contributed by atoms with van der Waals surface area (Å²) < 4.78 is 11.4. The van der Waals surface area contributed by atoms with Gasteiger partial charge in [0.2, 0.25) is 11.7 Å². The van der Waals surface area contributed by atoms with Crippen LogP contribution < -0.4 is 0 Å². The van der Waals surface area contributed by atoms with E-state index in [1.165, 1.54) is 43.5 Å². The Balaban J connectivity index is 1.45. The number of hydrogen-bond donors (Lipinski definition) is 0. The smallest absolute Gasteiger partial charge is 0.232 e. The maximum atomic E-state index is 5.92. The van der Waals surface area contributed by atoms with Crippen LogP contribution >= 0.6 is 11.3 Å². The minimum absolute atomic E-state index is 0.0162. The number of hydrogen-bond acceptors (Lipinski definition) is 6. The first-order valence-electron chi connectivity index (χ1n) is 8.72. The summed E-state index contributed by atoms with van der Waals surface area (Å²) in [5.41, 5.74) is 1.04. The first-order valence-corrected chi connectivity index (χ1v) is 9.60. The summed E-state index contributed by atoms with van der Waals surface area (Å²) in [5, 5.41) is 7.58. The first kappa shape index (κ1) is 15.3. The molecule has 2 aliphatic carbocycles. The van der Waals surface area contributed by atoms with Gasteiger partial charge in [0.05, 0.1) is 17.1 Å². The van der Waals surface area contributed by atoms with Gasteiger partial charge in [-0.05, 0) is 38.5 Å². The molecule has 0 bridgehead atoms. The number of nitrogens with zero attached hydrogens (tertiary/aromatic N) is 3. The minimum atomic E-state index is -0.0162. The fraction of sp³-hybridized carbons (Fsp3) is 0.706. The molecule has 0 aliphatic heterocycles. The highest BCUT2D eigenvalue weighted by Gasteiger charge is 2.31. The van der Waals surface area contributed by atoms with Gasteiger partial charge in [-0.1, -0.05) is 18.0 Å². The van der Waals surface area contributed by atoms with Gasteiger partial charge >= 0.3 is 0 Å². The number of thiazole rings is 1. The molecule has 0 amide bonds. The molecule has 0 radical (unpaired) electrons. The highest BCUT2D eigenvalue weighted by Crippen LogP contribution is 2.41. The van der Waals surface area contributed by atoms with Crippen LogP contribution in [-0.2, 0) is 11.2 Å². The summed E-state index contributed by atoms with van der Waals surface area (Å²) in [4.78, 5) is 9.30. The molecule has 2 fully saturated rings. The van der Waals surface area contributed by atoms with E-state index in [1.807, 2.05) is 6.92 Å². The highest BCUT2D eigenvalue weighted by molar-refractivity contribution is 7.09. The second-order valence-electron chi connectivity index (χ2n) is 6.59. The predicted octanol–water partition coefficient (Wildman–Crippen LogP) is 4.26. The monoisotopic (exact) mass is 333 g/mol. The molecule has 6 heteroatoms.